The fourth-order valence-corrected chi connectivity index (χ4v) is 2.84. The number of amides is 1. The molecule has 0 spiro atoms. The highest BCUT2D eigenvalue weighted by molar-refractivity contribution is 7.93. The van der Waals surface area contributed by atoms with Gasteiger partial charge in [0.1, 0.15) is 5.75 Å². The Labute approximate surface area is 142 Å². The molecule has 0 aliphatic rings. The van der Waals surface area contributed by atoms with Crippen molar-refractivity contribution in [1.29, 1.82) is 0 Å². The van der Waals surface area contributed by atoms with Gasteiger partial charge in [-0.15, -0.1) is 0 Å². The summed E-state index contributed by atoms with van der Waals surface area (Å²) in [5.41, 5.74) is 1.75. The fraction of sp³-hybridized carbons (Fsp3) is 0.167. The summed E-state index contributed by atoms with van der Waals surface area (Å²) in [5.74, 6) is -0.0141. The molecule has 2 rings (SSSR count). The molecule has 0 aliphatic carbocycles. The van der Waals surface area contributed by atoms with Gasteiger partial charge < -0.3 is 4.74 Å². The molecule has 0 aliphatic heterocycles. The van der Waals surface area contributed by atoms with E-state index in [-0.39, 0.29) is 5.56 Å². The Bertz CT molecular complexity index is 843. The van der Waals surface area contributed by atoms with Crippen molar-refractivity contribution < 1.29 is 17.9 Å². The van der Waals surface area contributed by atoms with Crippen molar-refractivity contribution in [2.45, 2.75) is 13.8 Å². The zero-order valence-electron chi connectivity index (χ0n) is 13.5. The number of carbonyl (C=O) groups excluding carboxylic acids is 1. The van der Waals surface area contributed by atoms with Crippen molar-refractivity contribution in [1.82, 2.24) is 4.72 Å². The predicted molar refractivity (Wildman–Crippen MR) is 94.2 cm³/mol. The maximum atomic E-state index is 12.1. The molecule has 1 amide bonds. The first-order valence-electron chi connectivity index (χ1n) is 7.45. The lowest BCUT2D eigenvalue weighted by Gasteiger charge is -2.09. The van der Waals surface area contributed by atoms with Gasteiger partial charge in [0, 0.05) is 5.56 Å². The summed E-state index contributed by atoms with van der Waals surface area (Å²) in [5, 5.41) is 0.974. The normalized spacial score (nSPS) is 11.4. The molecule has 2 aromatic carbocycles. The van der Waals surface area contributed by atoms with Gasteiger partial charge in [0.05, 0.1) is 12.0 Å². The lowest BCUT2D eigenvalue weighted by Crippen LogP contribution is -2.28. The number of nitrogens with one attached hydrogen (secondary N) is 1. The molecule has 5 nitrogen and oxygen atoms in total. The van der Waals surface area contributed by atoms with Crippen LogP contribution in [0.1, 0.15) is 28.4 Å². The first-order chi connectivity index (χ1) is 11.4. The van der Waals surface area contributed by atoms with Crippen LogP contribution in [-0.4, -0.2) is 20.9 Å². The zero-order valence-corrected chi connectivity index (χ0v) is 14.3. The number of sulfonamides is 1. The van der Waals surface area contributed by atoms with Crippen molar-refractivity contribution in [2.24, 2.45) is 0 Å². The summed E-state index contributed by atoms with van der Waals surface area (Å²) in [6, 6.07) is 13.7. The molecule has 0 fully saturated rings. The van der Waals surface area contributed by atoms with E-state index in [4.69, 9.17) is 4.74 Å². The first-order valence-corrected chi connectivity index (χ1v) is 8.99. The van der Waals surface area contributed by atoms with E-state index in [0.717, 1.165) is 16.5 Å². The minimum Gasteiger partial charge on any atom is -0.494 e. The Morgan fingerprint density at radius 3 is 2.50 bits per heavy atom. The van der Waals surface area contributed by atoms with Crippen LogP contribution in [0.2, 0.25) is 0 Å². The fourth-order valence-electron chi connectivity index (χ4n) is 2.06. The van der Waals surface area contributed by atoms with E-state index >= 15 is 0 Å². The molecule has 0 radical (unpaired) electrons. The van der Waals surface area contributed by atoms with E-state index in [0.29, 0.717) is 12.4 Å². The number of benzene rings is 2. The SMILES string of the molecule is CCOc1ccc(C(=O)NS(=O)(=O)/C=C/c2ccccc2)cc1C. The van der Waals surface area contributed by atoms with E-state index in [1.165, 1.54) is 12.1 Å². The Balaban J connectivity index is 2.10. The molecular weight excluding hydrogens is 326 g/mol. The summed E-state index contributed by atoms with van der Waals surface area (Å²) in [7, 11) is -3.87. The van der Waals surface area contributed by atoms with Crippen molar-refractivity contribution in [3.8, 4) is 5.75 Å². The maximum absolute atomic E-state index is 12.1. The highest BCUT2D eigenvalue weighted by atomic mass is 32.2. The molecule has 0 atom stereocenters. The van der Waals surface area contributed by atoms with Crippen LogP contribution in [0, 0.1) is 6.92 Å². The van der Waals surface area contributed by atoms with Crippen LogP contribution in [0.15, 0.2) is 53.9 Å². The molecule has 1 N–H and O–H groups in total. The highest BCUT2D eigenvalue weighted by Crippen LogP contribution is 2.19. The second-order valence-corrected chi connectivity index (χ2v) is 6.67. The molecule has 0 saturated carbocycles. The van der Waals surface area contributed by atoms with E-state index in [1.807, 2.05) is 17.7 Å². The average Bonchev–Trinajstić information content (AvgIpc) is 2.55. The summed E-state index contributed by atoms with van der Waals surface area (Å²) >= 11 is 0. The number of carbonyl (C=O) groups is 1. The van der Waals surface area contributed by atoms with Crippen molar-refractivity contribution in [2.75, 3.05) is 6.61 Å². The van der Waals surface area contributed by atoms with Gasteiger partial charge in [-0.3, -0.25) is 4.79 Å². The minimum atomic E-state index is -3.87. The smallest absolute Gasteiger partial charge is 0.264 e. The third-order valence-corrected chi connectivity index (χ3v) is 4.18. The van der Waals surface area contributed by atoms with Gasteiger partial charge in [0.15, 0.2) is 0 Å². The molecule has 2 aromatic rings. The van der Waals surface area contributed by atoms with Crippen LogP contribution in [-0.2, 0) is 10.0 Å². The Morgan fingerprint density at radius 1 is 1.17 bits per heavy atom. The van der Waals surface area contributed by atoms with Gasteiger partial charge in [-0.2, -0.15) is 0 Å². The third kappa shape index (κ3) is 4.96. The number of aryl methyl sites for hydroxylation is 1. The van der Waals surface area contributed by atoms with Crippen molar-refractivity contribution >= 4 is 22.0 Å². The Hall–Kier alpha value is -2.60. The van der Waals surface area contributed by atoms with Gasteiger partial charge in [-0.25, -0.2) is 13.1 Å². The monoisotopic (exact) mass is 345 g/mol. The quantitative estimate of drug-likeness (QED) is 0.873. The molecule has 0 unspecified atom stereocenters. The van der Waals surface area contributed by atoms with Crippen LogP contribution < -0.4 is 9.46 Å². The van der Waals surface area contributed by atoms with Crippen LogP contribution in [0.5, 0.6) is 5.75 Å². The number of hydrogen-bond donors (Lipinski definition) is 1. The third-order valence-electron chi connectivity index (χ3n) is 3.21. The second-order valence-electron chi connectivity index (χ2n) is 5.10. The second kappa shape index (κ2) is 7.79. The topological polar surface area (TPSA) is 72.5 Å². The summed E-state index contributed by atoms with van der Waals surface area (Å²) < 4.78 is 31.4. The summed E-state index contributed by atoms with van der Waals surface area (Å²) in [6.07, 6.45) is 1.43. The van der Waals surface area contributed by atoms with E-state index in [1.54, 1.807) is 43.3 Å². The molecule has 0 heterocycles. The zero-order chi connectivity index (χ0) is 17.6. The lowest BCUT2D eigenvalue weighted by molar-refractivity contribution is 0.0981. The minimum absolute atomic E-state index is 0.257. The van der Waals surface area contributed by atoms with Gasteiger partial charge in [-0.1, -0.05) is 30.3 Å². The molecule has 0 bridgehead atoms. The van der Waals surface area contributed by atoms with E-state index < -0.39 is 15.9 Å². The van der Waals surface area contributed by atoms with Crippen molar-refractivity contribution in [3.05, 3.63) is 70.6 Å². The van der Waals surface area contributed by atoms with Crippen LogP contribution >= 0.6 is 0 Å². The molecule has 0 saturated heterocycles. The Morgan fingerprint density at radius 2 is 1.88 bits per heavy atom. The van der Waals surface area contributed by atoms with Gasteiger partial charge in [0.2, 0.25) is 0 Å². The highest BCUT2D eigenvalue weighted by Gasteiger charge is 2.14. The lowest BCUT2D eigenvalue weighted by atomic mass is 10.1. The standard InChI is InChI=1S/C18H19NO4S/c1-3-23-17-10-9-16(13-14(17)2)18(20)19-24(21,22)12-11-15-7-5-4-6-8-15/h4-13H,3H2,1-2H3,(H,19,20)/b12-11+. The Kier molecular flexibility index (Phi) is 5.76. The largest absolute Gasteiger partial charge is 0.494 e. The molecule has 0 aromatic heterocycles. The van der Waals surface area contributed by atoms with Crippen LogP contribution in [0.3, 0.4) is 0 Å². The van der Waals surface area contributed by atoms with Gasteiger partial charge in [0.25, 0.3) is 15.9 Å². The van der Waals surface area contributed by atoms with E-state index in [9.17, 15) is 13.2 Å². The summed E-state index contributed by atoms with van der Waals surface area (Å²) in [6.45, 7) is 4.18. The van der Waals surface area contributed by atoms with Crippen molar-refractivity contribution in [3.63, 3.8) is 0 Å². The summed E-state index contributed by atoms with van der Waals surface area (Å²) in [4.78, 5) is 12.1. The first kappa shape index (κ1) is 17.7. The maximum Gasteiger partial charge on any atom is 0.264 e. The van der Waals surface area contributed by atoms with Gasteiger partial charge in [-0.05, 0) is 49.2 Å². The predicted octanol–water partition coefficient (Wildman–Crippen LogP) is 3.12. The van der Waals surface area contributed by atoms with Crippen LogP contribution in [0.4, 0.5) is 0 Å². The average molecular weight is 345 g/mol. The molecular formula is C18H19NO4S. The number of ether oxygens (including phenoxy) is 1. The van der Waals surface area contributed by atoms with Crippen LogP contribution in [0.25, 0.3) is 6.08 Å². The molecule has 24 heavy (non-hydrogen) atoms. The number of hydrogen-bond acceptors (Lipinski definition) is 4. The molecule has 6 heteroatoms. The van der Waals surface area contributed by atoms with E-state index in [2.05, 4.69) is 0 Å². The number of rotatable bonds is 6. The molecule has 126 valence electrons. The van der Waals surface area contributed by atoms with Gasteiger partial charge >= 0.3 is 0 Å².